The lowest BCUT2D eigenvalue weighted by molar-refractivity contribution is -0.137. The van der Waals surface area contributed by atoms with E-state index in [1.165, 1.54) is 13.3 Å². The van der Waals surface area contributed by atoms with E-state index < -0.39 is 32.6 Å². The molecule has 0 N–H and O–H groups in total. The molecule has 154 valence electrons. The maximum atomic E-state index is 12.9. The molecule has 2 heterocycles. The number of aromatic nitrogens is 1. The van der Waals surface area contributed by atoms with Gasteiger partial charge in [-0.15, -0.1) is 0 Å². The fourth-order valence-corrected chi connectivity index (χ4v) is 4.45. The van der Waals surface area contributed by atoms with Crippen LogP contribution in [0.5, 0.6) is 0 Å². The standard InChI is InChI=1S/C19H17F3N2O4S/c1-28-18(25)17-16(6-3-9-23-17)13-7-10-24(11-8-13)29(26,27)15-5-2-4-14(12-15)19(20,21)22/h2-7,9,12H,8,10-11H2,1H3. The summed E-state index contributed by atoms with van der Waals surface area (Å²) >= 11 is 0. The molecular formula is C19H17F3N2O4S. The number of ether oxygens (including phenoxy) is 1. The number of halogens is 3. The quantitative estimate of drug-likeness (QED) is 0.701. The number of nitrogens with zero attached hydrogens (tertiary/aromatic N) is 2. The number of sulfonamides is 1. The molecular weight excluding hydrogens is 409 g/mol. The van der Waals surface area contributed by atoms with Crippen molar-refractivity contribution in [3.8, 4) is 0 Å². The Balaban J connectivity index is 1.87. The highest BCUT2D eigenvalue weighted by molar-refractivity contribution is 7.89. The first-order valence-corrected chi connectivity index (χ1v) is 9.98. The molecule has 29 heavy (non-hydrogen) atoms. The van der Waals surface area contributed by atoms with Crippen LogP contribution in [0.25, 0.3) is 5.57 Å². The Morgan fingerprint density at radius 1 is 1.21 bits per heavy atom. The predicted octanol–water partition coefficient (Wildman–Crippen LogP) is 3.37. The average molecular weight is 426 g/mol. The highest BCUT2D eigenvalue weighted by Crippen LogP contribution is 2.32. The Labute approximate surface area is 165 Å². The Morgan fingerprint density at radius 3 is 2.59 bits per heavy atom. The first-order chi connectivity index (χ1) is 13.6. The number of hydrogen-bond donors (Lipinski definition) is 0. The van der Waals surface area contributed by atoms with Crippen molar-refractivity contribution in [3.05, 3.63) is 65.5 Å². The zero-order chi connectivity index (χ0) is 21.2. The number of benzene rings is 1. The number of pyridine rings is 1. The minimum atomic E-state index is -4.63. The van der Waals surface area contributed by atoms with Crippen LogP contribution in [0.3, 0.4) is 0 Å². The summed E-state index contributed by atoms with van der Waals surface area (Å²) in [4.78, 5) is 15.5. The van der Waals surface area contributed by atoms with E-state index >= 15 is 0 Å². The molecule has 0 fully saturated rings. The summed E-state index contributed by atoms with van der Waals surface area (Å²) in [7, 11) is -2.86. The molecule has 2 aromatic rings. The molecule has 6 nitrogen and oxygen atoms in total. The molecule has 1 aromatic carbocycles. The molecule has 0 unspecified atom stereocenters. The van der Waals surface area contributed by atoms with Gasteiger partial charge in [0.2, 0.25) is 10.0 Å². The van der Waals surface area contributed by atoms with Crippen molar-refractivity contribution in [3.63, 3.8) is 0 Å². The number of carbonyl (C=O) groups excluding carboxylic acids is 1. The smallest absolute Gasteiger partial charge is 0.416 e. The van der Waals surface area contributed by atoms with Gasteiger partial charge in [0.25, 0.3) is 0 Å². The van der Waals surface area contributed by atoms with Crippen LogP contribution in [0.15, 0.2) is 53.6 Å². The number of esters is 1. The van der Waals surface area contributed by atoms with Gasteiger partial charge < -0.3 is 4.74 Å². The lowest BCUT2D eigenvalue weighted by atomic mass is 9.99. The van der Waals surface area contributed by atoms with Crippen molar-refractivity contribution < 1.29 is 31.1 Å². The first kappa shape index (κ1) is 21.0. The monoisotopic (exact) mass is 426 g/mol. The predicted molar refractivity (Wildman–Crippen MR) is 98.4 cm³/mol. The van der Waals surface area contributed by atoms with E-state index in [9.17, 15) is 26.4 Å². The van der Waals surface area contributed by atoms with Gasteiger partial charge in [-0.05, 0) is 36.3 Å². The Kier molecular flexibility index (Phi) is 5.76. The normalized spacial score (nSPS) is 15.7. The number of rotatable bonds is 4. The summed E-state index contributed by atoms with van der Waals surface area (Å²) < 4.78 is 70.1. The van der Waals surface area contributed by atoms with Gasteiger partial charge in [0.05, 0.1) is 17.6 Å². The van der Waals surface area contributed by atoms with Gasteiger partial charge in [0.15, 0.2) is 5.69 Å². The van der Waals surface area contributed by atoms with Gasteiger partial charge in [-0.25, -0.2) is 18.2 Å². The Morgan fingerprint density at radius 2 is 1.97 bits per heavy atom. The number of hydrogen-bond acceptors (Lipinski definition) is 5. The molecule has 0 bridgehead atoms. The lowest BCUT2D eigenvalue weighted by Gasteiger charge is -2.26. The van der Waals surface area contributed by atoms with Crippen LogP contribution < -0.4 is 0 Å². The van der Waals surface area contributed by atoms with Crippen molar-refractivity contribution in [2.45, 2.75) is 17.5 Å². The van der Waals surface area contributed by atoms with Crippen LogP contribution in [-0.2, 0) is 20.9 Å². The highest BCUT2D eigenvalue weighted by atomic mass is 32.2. The third-order valence-corrected chi connectivity index (χ3v) is 6.36. The van der Waals surface area contributed by atoms with Crippen LogP contribution in [0.4, 0.5) is 13.2 Å². The van der Waals surface area contributed by atoms with Gasteiger partial charge in [-0.3, -0.25) is 0 Å². The topological polar surface area (TPSA) is 76.6 Å². The summed E-state index contributed by atoms with van der Waals surface area (Å²) in [6.45, 7) is 0.0172. The zero-order valence-electron chi connectivity index (χ0n) is 15.3. The van der Waals surface area contributed by atoms with E-state index in [2.05, 4.69) is 4.98 Å². The molecule has 0 saturated heterocycles. The summed E-state index contributed by atoms with van der Waals surface area (Å²) in [6, 6.07) is 6.99. The van der Waals surface area contributed by atoms with Crippen molar-refractivity contribution in [2.75, 3.05) is 20.2 Å². The molecule has 10 heteroatoms. The minimum absolute atomic E-state index is 0.0383. The van der Waals surface area contributed by atoms with E-state index in [-0.39, 0.29) is 25.2 Å². The Bertz CT molecular complexity index is 1070. The summed E-state index contributed by atoms with van der Waals surface area (Å²) in [5, 5.41) is 0. The van der Waals surface area contributed by atoms with E-state index in [4.69, 9.17) is 4.74 Å². The average Bonchev–Trinajstić information content (AvgIpc) is 2.72. The molecule has 0 spiro atoms. The fraction of sp³-hybridized carbons (Fsp3) is 0.263. The summed E-state index contributed by atoms with van der Waals surface area (Å²) in [5.41, 5.74) is 0.352. The Hall–Kier alpha value is -2.72. The maximum Gasteiger partial charge on any atom is 0.416 e. The largest absolute Gasteiger partial charge is 0.464 e. The van der Waals surface area contributed by atoms with Gasteiger partial charge in [-0.2, -0.15) is 17.5 Å². The molecule has 0 amide bonds. The first-order valence-electron chi connectivity index (χ1n) is 8.54. The molecule has 1 aliphatic heterocycles. The van der Waals surface area contributed by atoms with Crippen molar-refractivity contribution >= 4 is 21.6 Å². The fourth-order valence-electron chi connectivity index (χ4n) is 3.02. The summed E-state index contributed by atoms with van der Waals surface area (Å²) in [5.74, 6) is -0.611. The van der Waals surface area contributed by atoms with E-state index in [1.807, 2.05) is 0 Å². The minimum Gasteiger partial charge on any atom is -0.464 e. The van der Waals surface area contributed by atoms with Crippen LogP contribution in [0.2, 0.25) is 0 Å². The number of carbonyl (C=O) groups is 1. The van der Waals surface area contributed by atoms with Gasteiger partial charge in [-0.1, -0.05) is 18.2 Å². The van der Waals surface area contributed by atoms with Crippen LogP contribution in [0.1, 0.15) is 28.0 Å². The molecule has 1 aliphatic rings. The second-order valence-corrected chi connectivity index (χ2v) is 8.20. The van der Waals surface area contributed by atoms with Crippen molar-refractivity contribution in [1.29, 1.82) is 0 Å². The van der Waals surface area contributed by atoms with Crippen molar-refractivity contribution in [2.24, 2.45) is 0 Å². The molecule has 0 saturated carbocycles. The van der Waals surface area contributed by atoms with Crippen molar-refractivity contribution in [1.82, 2.24) is 9.29 Å². The molecule has 0 aliphatic carbocycles. The van der Waals surface area contributed by atoms with Crippen LogP contribution in [0, 0.1) is 0 Å². The second-order valence-electron chi connectivity index (χ2n) is 6.26. The maximum absolute atomic E-state index is 12.9. The van der Waals surface area contributed by atoms with Gasteiger partial charge >= 0.3 is 12.1 Å². The molecule has 1 aromatic heterocycles. The number of alkyl halides is 3. The molecule has 3 rings (SSSR count). The molecule has 0 radical (unpaired) electrons. The lowest BCUT2D eigenvalue weighted by Crippen LogP contribution is -2.35. The third kappa shape index (κ3) is 4.33. The zero-order valence-corrected chi connectivity index (χ0v) is 16.1. The number of methoxy groups -OCH3 is 1. The highest BCUT2D eigenvalue weighted by Gasteiger charge is 2.33. The van der Waals surface area contributed by atoms with E-state index in [0.29, 0.717) is 17.2 Å². The molecule has 0 atom stereocenters. The third-order valence-electron chi connectivity index (χ3n) is 4.50. The van der Waals surface area contributed by atoms with E-state index in [1.54, 1.807) is 18.2 Å². The van der Waals surface area contributed by atoms with Gasteiger partial charge in [0, 0.05) is 24.8 Å². The van der Waals surface area contributed by atoms with Crippen LogP contribution in [-0.4, -0.2) is 43.9 Å². The van der Waals surface area contributed by atoms with Crippen LogP contribution >= 0.6 is 0 Å². The van der Waals surface area contributed by atoms with E-state index in [0.717, 1.165) is 22.5 Å². The second kappa shape index (κ2) is 7.96. The SMILES string of the molecule is COC(=O)c1ncccc1C1=CCN(S(=O)(=O)c2cccc(C(F)(F)F)c2)CC1. The summed E-state index contributed by atoms with van der Waals surface area (Å²) in [6.07, 6.45) is -1.29. The van der Waals surface area contributed by atoms with Gasteiger partial charge in [0.1, 0.15) is 0 Å².